The van der Waals surface area contributed by atoms with Crippen molar-refractivity contribution < 1.29 is 9.90 Å². The lowest BCUT2D eigenvalue weighted by molar-refractivity contribution is -0.140. The second kappa shape index (κ2) is 4.69. The van der Waals surface area contributed by atoms with Gasteiger partial charge in [-0.2, -0.15) is 4.98 Å². The van der Waals surface area contributed by atoms with Crippen molar-refractivity contribution in [1.29, 1.82) is 0 Å². The largest absolute Gasteiger partial charge is 0.481 e. The van der Waals surface area contributed by atoms with Crippen LogP contribution in [-0.2, 0) is 4.79 Å². The molecule has 1 atom stereocenters. The number of carboxylic acids is 1. The molecule has 1 aromatic rings. The molecule has 1 aliphatic carbocycles. The van der Waals surface area contributed by atoms with Crippen LogP contribution in [-0.4, -0.2) is 21.0 Å². The summed E-state index contributed by atoms with van der Waals surface area (Å²) < 4.78 is 0. The van der Waals surface area contributed by atoms with Gasteiger partial charge in [-0.1, -0.05) is 12.8 Å². The van der Waals surface area contributed by atoms with E-state index < -0.39 is 17.6 Å². The molecule has 1 unspecified atom stereocenters. The second-order valence-corrected chi connectivity index (χ2v) is 4.65. The Morgan fingerprint density at radius 3 is 2.71 bits per heavy atom. The summed E-state index contributed by atoms with van der Waals surface area (Å²) in [6.45, 7) is 1.74. The Hall–Kier alpha value is -1.65. The number of aromatic amines is 1. The molecule has 1 heterocycles. The van der Waals surface area contributed by atoms with Crippen LogP contribution in [0.2, 0.25) is 0 Å². The monoisotopic (exact) mass is 236 g/mol. The first-order valence-electron chi connectivity index (χ1n) is 5.88. The molecule has 5 heteroatoms. The van der Waals surface area contributed by atoms with Crippen LogP contribution in [0.3, 0.4) is 0 Å². The zero-order valence-electron chi connectivity index (χ0n) is 9.77. The number of nitrogens with zero attached hydrogens (tertiary/aromatic N) is 1. The lowest BCUT2D eigenvalue weighted by Crippen LogP contribution is -2.24. The van der Waals surface area contributed by atoms with Gasteiger partial charge in [0.25, 0.3) is 0 Å². The first-order valence-corrected chi connectivity index (χ1v) is 5.88. The fraction of sp³-hybridized carbons (Fsp3) is 0.583. The molecule has 0 spiro atoms. The van der Waals surface area contributed by atoms with Crippen LogP contribution >= 0.6 is 0 Å². The number of aliphatic carboxylic acids is 1. The highest BCUT2D eigenvalue weighted by Crippen LogP contribution is 2.36. The van der Waals surface area contributed by atoms with E-state index in [0.29, 0.717) is 11.4 Å². The van der Waals surface area contributed by atoms with Crippen molar-refractivity contribution in [2.75, 3.05) is 0 Å². The highest BCUT2D eigenvalue weighted by Gasteiger charge is 2.33. The van der Waals surface area contributed by atoms with Gasteiger partial charge in [-0.05, 0) is 31.7 Å². The highest BCUT2D eigenvalue weighted by molar-refractivity contribution is 5.75. The van der Waals surface area contributed by atoms with Crippen LogP contribution in [0.15, 0.2) is 10.9 Å². The summed E-state index contributed by atoms with van der Waals surface area (Å²) >= 11 is 0. The van der Waals surface area contributed by atoms with E-state index in [4.69, 9.17) is 0 Å². The topological polar surface area (TPSA) is 83.0 Å². The van der Waals surface area contributed by atoms with Gasteiger partial charge in [0, 0.05) is 5.69 Å². The predicted molar refractivity (Wildman–Crippen MR) is 61.9 cm³/mol. The normalized spacial score (nSPS) is 18.2. The number of aryl methyl sites for hydroxylation is 1. The lowest BCUT2D eigenvalue weighted by atomic mass is 9.88. The van der Waals surface area contributed by atoms with E-state index in [1.807, 2.05) is 0 Å². The molecule has 2 N–H and O–H groups in total. The van der Waals surface area contributed by atoms with Gasteiger partial charge in [-0.3, -0.25) is 4.79 Å². The summed E-state index contributed by atoms with van der Waals surface area (Å²) in [6.07, 6.45) is 3.95. The van der Waals surface area contributed by atoms with Crippen LogP contribution < -0.4 is 5.69 Å². The Morgan fingerprint density at radius 1 is 1.53 bits per heavy atom. The van der Waals surface area contributed by atoms with Gasteiger partial charge in [0.2, 0.25) is 0 Å². The molecule has 1 fully saturated rings. The van der Waals surface area contributed by atoms with Crippen LogP contribution in [0.4, 0.5) is 0 Å². The maximum absolute atomic E-state index is 11.4. The van der Waals surface area contributed by atoms with Gasteiger partial charge >= 0.3 is 11.7 Å². The minimum Gasteiger partial charge on any atom is -0.481 e. The van der Waals surface area contributed by atoms with E-state index >= 15 is 0 Å². The average molecular weight is 236 g/mol. The number of aromatic nitrogens is 2. The van der Waals surface area contributed by atoms with Crippen LogP contribution in [0.5, 0.6) is 0 Å². The van der Waals surface area contributed by atoms with Gasteiger partial charge in [0.05, 0.1) is 5.69 Å². The fourth-order valence-electron chi connectivity index (χ4n) is 2.62. The standard InChI is InChI=1S/C12H16N2O3/c1-7-6-9(14-12(17)13-7)10(11(15)16)8-4-2-3-5-8/h6,8,10H,2-5H2,1H3,(H,15,16)(H,13,14,17). The molecular formula is C12H16N2O3. The van der Waals surface area contributed by atoms with E-state index in [0.717, 1.165) is 25.7 Å². The quantitative estimate of drug-likeness (QED) is 0.831. The second-order valence-electron chi connectivity index (χ2n) is 4.65. The zero-order chi connectivity index (χ0) is 12.4. The summed E-state index contributed by atoms with van der Waals surface area (Å²) in [5.41, 5.74) is 0.583. The van der Waals surface area contributed by atoms with E-state index in [2.05, 4.69) is 9.97 Å². The maximum atomic E-state index is 11.4. The molecular weight excluding hydrogens is 220 g/mol. The Kier molecular flexibility index (Phi) is 3.26. The number of carbonyl (C=O) groups is 1. The number of hydrogen-bond donors (Lipinski definition) is 2. The third-order valence-corrected chi connectivity index (χ3v) is 3.36. The molecule has 1 aliphatic rings. The third kappa shape index (κ3) is 2.54. The van der Waals surface area contributed by atoms with E-state index in [1.165, 1.54) is 0 Å². The Labute approximate surface area is 98.9 Å². The average Bonchev–Trinajstić information content (AvgIpc) is 2.68. The molecule has 0 bridgehead atoms. The van der Waals surface area contributed by atoms with Gasteiger partial charge < -0.3 is 10.1 Å². The summed E-state index contributed by atoms with van der Waals surface area (Å²) in [5, 5.41) is 9.32. The molecule has 0 aromatic carbocycles. The van der Waals surface area contributed by atoms with Gasteiger partial charge in [0.15, 0.2) is 0 Å². The zero-order valence-corrected chi connectivity index (χ0v) is 9.77. The minimum atomic E-state index is -0.880. The van der Waals surface area contributed by atoms with Gasteiger partial charge in [-0.25, -0.2) is 4.79 Å². The minimum absolute atomic E-state index is 0.112. The molecule has 1 aromatic heterocycles. The lowest BCUT2D eigenvalue weighted by Gasteiger charge is -2.18. The summed E-state index contributed by atoms with van der Waals surface area (Å²) in [5.74, 6) is -1.41. The number of hydrogen-bond acceptors (Lipinski definition) is 3. The Bertz CT molecular complexity index is 475. The van der Waals surface area contributed by atoms with E-state index in [-0.39, 0.29) is 5.92 Å². The summed E-state index contributed by atoms with van der Waals surface area (Å²) in [6, 6.07) is 1.67. The first kappa shape index (κ1) is 11.8. The molecule has 1 saturated carbocycles. The summed E-state index contributed by atoms with van der Waals surface area (Å²) in [7, 11) is 0. The molecule has 0 amide bonds. The van der Waals surface area contributed by atoms with Crippen LogP contribution in [0, 0.1) is 12.8 Å². The van der Waals surface area contributed by atoms with Crippen molar-refractivity contribution in [2.45, 2.75) is 38.5 Å². The number of nitrogens with one attached hydrogen (secondary N) is 1. The highest BCUT2D eigenvalue weighted by atomic mass is 16.4. The molecule has 5 nitrogen and oxygen atoms in total. The van der Waals surface area contributed by atoms with Crippen LogP contribution in [0.1, 0.15) is 43.0 Å². The van der Waals surface area contributed by atoms with Crippen molar-refractivity contribution in [3.05, 3.63) is 27.9 Å². The molecule has 2 rings (SSSR count). The maximum Gasteiger partial charge on any atom is 0.345 e. The smallest absolute Gasteiger partial charge is 0.345 e. The Balaban J connectivity index is 2.38. The Morgan fingerprint density at radius 2 is 2.18 bits per heavy atom. The van der Waals surface area contributed by atoms with Crippen molar-refractivity contribution in [3.8, 4) is 0 Å². The number of rotatable bonds is 3. The molecule has 0 aliphatic heterocycles. The van der Waals surface area contributed by atoms with Crippen molar-refractivity contribution >= 4 is 5.97 Å². The number of H-pyrrole nitrogens is 1. The molecule has 0 saturated heterocycles. The van der Waals surface area contributed by atoms with Gasteiger partial charge in [-0.15, -0.1) is 0 Å². The van der Waals surface area contributed by atoms with Crippen molar-refractivity contribution in [1.82, 2.24) is 9.97 Å². The molecule has 17 heavy (non-hydrogen) atoms. The van der Waals surface area contributed by atoms with Crippen molar-refractivity contribution in [2.24, 2.45) is 5.92 Å². The van der Waals surface area contributed by atoms with E-state index in [9.17, 15) is 14.7 Å². The number of carboxylic acid groups (broad SMARTS) is 1. The molecule has 0 radical (unpaired) electrons. The van der Waals surface area contributed by atoms with E-state index in [1.54, 1.807) is 13.0 Å². The SMILES string of the molecule is Cc1cc(C(C(=O)O)C2CCCC2)nc(=O)[nH]1. The molecule has 92 valence electrons. The van der Waals surface area contributed by atoms with Crippen molar-refractivity contribution in [3.63, 3.8) is 0 Å². The van der Waals surface area contributed by atoms with Crippen LogP contribution in [0.25, 0.3) is 0 Å². The third-order valence-electron chi connectivity index (χ3n) is 3.36. The predicted octanol–water partition coefficient (Wildman–Crippen LogP) is 1.44. The van der Waals surface area contributed by atoms with Gasteiger partial charge in [0.1, 0.15) is 5.92 Å². The summed E-state index contributed by atoms with van der Waals surface area (Å²) in [4.78, 5) is 29.0. The first-order chi connectivity index (χ1) is 8.08. The fourth-order valence-corrected chi connectivity index (χ4v) is 2.62.